The van der Waals surface area contributed by atoms with Crippen molar-refractivity contribution < 1.29 is 22.3 Å². The number of hydrogen-bond donors (Lipinski definition) is 2. The Morgan fingerprint density at radius 2 is 2.14 bits per heavy atom. The molecule has 0 saturated heterocycles. The summed E-state index contributed by atoms with van der Waals surface area (Å²) in [4.78, 5) is 11.1. The second-order valence-electron chi connectivity index (χ2n) is 4.68. The van der Waals surface area contributed by atoms with Gasteiger partial charge in [0.25, 0.3) is 5.91 Å². The zero-order chi connectivity index (χ0) is 16.0. The predicted molar refractivity (Wildman–Crippen MR) is 75.8 cm³/mol. The summed E-state index contributed by atoms with van der Waals surface area (Å²) in [6, 6.07) is 2.90. The molecular formula is C13H19FN2O4S. The van der Waals surface area contributed by atoms with Crippen LogP contribution in [0.5, 0.6) is 5.75 Å². The van der Waals surface area contributed by atoms with Crippen LogP contribution in [-0.4, -0.2) is 27.0 Å². The zero-order valence-corrected chi connectivity index (χ0v) is 12.7. The highest BCUT2D eigenvalue weighted by Crippen LogP contribution is 2.23. The van der Waals surface area contributed by atoms with E-state index in [9.17, 15) is 17.6 Å². The largest absolute Gasteiger partial charge is 0.482 e. The molecule has 1 rings (SSSR count). The monoisotopic (exact) mass is 318 g/mol. The Balaban J connectivity index is 2.74. The second kappa shape index (κ2) is 7.37. The molecule has 0 aliphatic rings. The Morgan fingerprint density at radius 1 is 1.48 bits per heavy atom. The Labute approximate surface area is 123 Å². The number of sulfonamides is 1. The summed E-state index contributed by atoms with van der Waals surface area (Å²) in [6.07, 6.45) is 1.75. The number of amides is 1. The Kier molecular flexibility index (Phi) is 6.10. The number of carbonyl (C=O) groups excluding carboxylic acids is 1. The molecule has 1 atom stereocenters. The van der Waals surface area contributed by atoms with E-state index in [1.54, 1.807) is 0 Å². The van der Waals surface area contributed by atoms with Crippen LogP contribution >= 0.6 is 0 Å². The van der Waals surface area contributed by atoms with E-state index in [1.165, 1.54) is 0 Å². The number of ether oxygens (including phenoxy) is 1. The molecule has 0 saturated carbocycles. The lowest BCUT2D eigenvalue weighted by Gasteiger charge is -2.14. The molecule has 0 radical (unpaired) electrons. The van der Waals surface area contributed by atoms with E-state index in [0.29, 0.717) is 0 Å². The molecule has 1 aromatic carbocycles. The van der Waals surface area contributed by atoms with Crippen LogP contribution in [0.3, 0.4) is 0 Å². The van der Waals surface area contributed by atoms with Crippen molar-refractivity contribution >= 4 is 15.9 Å². The summed E-state index contributed by atoms with van der Waals surface area (Å²) >= 11 is 0. The van der Waals surface area contributed by atoms with Gasteiger partial charge in [0.1, 0.15) is 16.5 Å². The van der Waals surface area contributed by atoms with Crippen molar-refractivity contribution in [2.75, 3.05) is 6.61 Å². The van der Waals surface area contributed by atoms with Gasteiger partial charge in [-0.3, -0.25) is 4.79 Å². The molecule has 1 unspecified atom stereocenters. The van der Waals surface area contributed by atoms with Crippen LogP contribution in [0.25, 0.3) is 0 Å². The number of carbonyl (C=O) groups is 1. The maximum Gasteiger partial charge on any atom is 0.258 e. The van der Waals surface area contributed by atoms with Crippen LogP contribution in [-0.2, 0) is 14.8 Å². The molecule has 6 nitrogen and oxygen atoms in total. The topological polar surface area (TPSA) is 98.5 Å². The lowest BCUT2D eigenvalue weighted by atomic mass is 10.2. The van der Waals surface area contributed by atoms with Gasteiger partial charge < -0.3 is 10.1 Å². The predicted octanol–water partition coefficient (Wildman–Crippen LogP) is 1.16. The summed E-state index contributed by atoms with van der Waals surface area (Å²) in [7, 11) is -4.13. The van der Waals surface area contributed by atoms with E-state index in [2.05, 4.69) is 5.32 Å². The molecule has 1 aromatic rings. The highest BCUT2D eigenvalue weighted by atomic mass is 32.2. The lowest BCUT2D eigenvalue weighted by molar-refractivity contribution is -0.123. The van der Waals surface area contributed by atoms with Crippen molar-refractivity contribution in [3.8, 4) is 5.75 Å². The van der Waals surface area contributed by atoms with Crippen LogP contribution in [0.4, 0.5) is 4.39 Å². The van der Waals surface area contributed by atoms with E-state index in [4.69, 9.17) is 9.88 Å². The fraction of sp³-hybridized carbons (Fsp3) is 0.462. The van der Waals surface area contributed by atoms with Crippen LogP contribution in [0, 0.1) is 5.82 Å². The van der Waals surface area contributed by atoms with Gasteiger partial charge in [0.15, 0.2) is 6.61 Å². The normalized spacial score (nSPS) is 12.8. The number of hydrogen-bond acceptors (Lipinski definition) is 4. The van der Waals surface area contributed by atoms with Crippen molar-refractivity contribution in [1.29, 1.82) is 0 Å². The maximum absolute atomic E-state index is 13.1. The summed E-state index contributed by atoms with van der Waals surface area (Å²) in [5, 5.41) is 7.68. The SMILES string of the molecule is CCCC(C)NC(=O)COc1ccc(F)cc1S(N)(=O)=O. The van der Waals surface area contributed by atoms with Crippen LogP contribution < -0.4 is 15.2 Å². The number of nitrogens with two attached hydrogens (primary N) is 1. The van der Waals surface area contributed by atoms with Crippen LogP contribution in [0.2, 0.25) is 0 Å². The van der Waals surface area contributed by atoms with E-state index in [0.717, 1.165) is 31.0 Å². The Morgan fingerprint density at radius 3 is 2.71 bits per heavy atom. The number of halogens is 1. The fourth-order valence-electron chi connectivity index (χ4n) is 1.79. The first-order valence-corrected chi connectivity index (χ1v) is 8.03. The van der Waals surface area contributed by atoms with E-state index in [-0.39, 0.29) is 24.3 Å². The second-order valence-corrected chi connectivity index (χ2v) is 6.21. The molecule has 21 heavy (non-hydrogen) atoms. The Bertz CT molecular complexity index is 604. The molecule has 0 fully saturated rings. The van der Waals surface area contributed by atoms with Gasteiger partial charge in [0, 0.05) is 6.04 Å². The van der Waals surface area contributed by atoms with Gasteiger partial charge in [0.05, 0.1) is 0 Å². The molecule has 8 heteroatoms. The summed E-state index contributed by atoms with van der Waals surface area (Å²) < 4.78 is 40.9. The third-order valence-corrected chi connectivity index (χ3v) is 3.63. The van der Waals surface area contributed by atoms with Crippen molar-refractivity contribution in [3.63, 3.8) is 0 Å². The van der Waals surface area contributed by atoms with E-state index < -0.39 is 20.7 Å². The quantitative estimate of drug-likeness (QED) is 0.788. The zero-order valence-electron chi connectivity index (χ0n) is 11.9. The molecule has 0 aromatic heterocycles. The molecule has 3 N–H and O–H groups in total. The average molecular weight is 318 g/mol. The molecule has 0 bridgehead atoms. The third kappa shape index (κ3) is 5.68. The standard InChI is InChI=1S/C13H19FN2O4S/c1-3-4-9(2)16-13(17)8-20-11-6-5-10(14)7-12(11)21(15,18)19/h5-7,9H,3-4,8H2,1-2H3,(H,16,17)(H2,15,18,19). The highest BCUT2D eigenvalue weighted by molar-refractivity contribution is 7.89. The minimum absolute atomic E-state index is 0.00275. The van der Waals surface area contributed by atoms with Gasteiger partial charge in [-0.05, 0) is 31.5 Å². The number of nitrogens with one attached hydrogen (secondary N) is 1. The van der Waals surface area contributed by atoms with Crippen molar-refractivity contribution in [3.05, 3.63) is 24.0 Å². The van der Waals surface area contributed by atoms with Gasteiger partial charge in [-0.25, -0.2) is 17.9 Å². The molecule has 0 spiro atoms. The van der Waals surface area contributed by atoms with Crippen molar-refractivity contribution in [2.45, 2.75) is 37.6 Å². The molecular weight excluding hydrogens is 299 g/mol. The molecule has 1 amide bonds. The molecule has 0 heterocycles. The van der Waals surface area contributed by atoms with Gasteiger partial charge in [-0.15, -0.1) is 0 Å². The maximum atomic E-state index is 13.1. The average Bonchev–Trinajstić information content (AvgIpc) is 2.36. The van der Waals surface area contributed by atoms with Crippen LogP contribution in [0.1, 0.15) is 26.7 Å². The lowest BCUT2D eigenvalue weighted by Crippen LogP contribution is -2.36. The fourth-order valence-corrected chi connectivity index (χ4v) is 2.47. The summed E-state index contributed by atoms with van der Waals surface area (Å²) in [6.45, 7) is 3.48. The van der Waals surface area contributed by atoms with Crippen LogP contribution in [0.15, 0.2) is 23.1 Å². The van der Waals surface area contributed by atoms with Crippen molar-refractivity contribution in [1.82, 2.24) is 5.32 Å². The van der Waals surface area contributed by atoms with Gasteiger partial charge in [0.2, 0.25) is 10.0 Å². The first-order chi connectivity index (χ1) is 9.74. The third-order valence-electron chi connectivity index (χ3n) is 2.70. The number of benzene rings is 1. The molecule has 118 valence electrons. The number of primary sulfonamides is 1. The molecule has 0 aliphatic heterocycles. The first kappa shape index (κ1) is 17.4. The van der Waals surface area contributed by atoms with Gasteiger partial charge in [-0.1, -0.05) is 13.3 Å². The minimum atomic E-state index is -4.13. The summed E-state index contributed by atoms with van der Waals surface area (Å²) in [5.74, 6) is -1.30. The van der Waals surface area contributed by atoms with E-state index in [1.807, 2.05) is 13.8 Å². The van der Waals surface area contributed by atoms with Gasteiger partial charge in [-0.2, -0.15) is 0 Å². The van der Waals surface area contributed by atoms with Gasteiger partial charge >= 0.3 is 0 Å². The first-order valence-electron chi connectivity index (χ1n) is 6.48. The number of rotatable bonds is 7. The minimum Gasteiger partial charge on any atom is -0.482 e. The smallest absolute Gasteiger partial charge is 0.258 e. The summed E-state index contributed by atoms with van der Waals surface area (Å²) in [5.41, 5.74) is 0. The molecule has 0 aliphatic carbocycles. The van der Waals surface area contributed by atoms with E-state index >= 15 is 0 Å². The highest BCUT2D eigenvalue weighted by Gasteiger charge is 2.17. The van der Waals surface area contributed by atoms with Crippen molar-refractivity contribution in [2.24, 2.45) is 5.14 Å². The Hall–Kier alpha value is -1.67.